The largest absolute Gasteiger partial charge is 0.451 e. The van der Waals surface area contributed by atoms with E-state index in [0.29, 0.717) is 24.8 Å². The van der Waals surface area contributed by atoms with E-state index in [1.807, 2.05) is 32.0 Å². The molecule has 37 heavy (non-hydrogen) atoms. The third kappa shape index (κ3) is 6.38. The number of sulfonamides is 1. The molecular formula is C27H33N3O6S. The van der Waals surface area contributed by atoms with Crippen LogP contribution in [0.1, 0.15) is 43.7 Å². The molecule has 10 heteroatoms. The number of amides is 2. The van der Waals surface area contributed by atoms with E-state index in [1.54, 1.807) is 30.3 Å². The summed E-state index contributed by atoms with van der Waals surface area (Å²) in [4.78, 5) is 26.3. The normalized spacial score (nSPS) is 19.9. The van der Waals surface area contributed by atoms with Gasteiger partial charge in [0.25, 0.3) is 5.91 Å². The highest BCUT2D eigenvalue weighted by atomic mass is 32.2. The molecule has 0 bridgehead atoms. The molecule has 2 amide bonds. The number of nitrogens with zero attached hydrogens (tertiary/aromatic N) is 1. The van der Waals surface area contributed by atoms with E-state index in [0.717, 1.165) is 5.39 Å². The Kier molecular flexibility index (Phi) is 8.31. The molecule has 198 valence electrons. The number of aliphatic hydroxyl groups excluding tert-OH is 1. The highest BCUT2D eigenvalue weighted by molar-refractivity contribution is 7.89. The number of β-amino-alcohol motifs (C(OH)–C–C–N with tert-alkyl or cyclic N) is 1. The fraction of sp³-hybridized carbons (Fsp3) is 0.407. The standard InChI is InChI=1S/C27H33N3O6S/c1-18(2)15-22(29-27(33)25-16-19-9-6-7-13-24(19)36-25)26(32)28-21-12-8-14-30(17-23(21)31)37(34,35)20-10-4-3-5-11-20/h3-7,9-11,13,16,18,21-23,31H,8,12,14-15,17H2,1-2H3,(H,28,32)(H,29,33)/t21?,22-,23?/m0/s1. The number of furan rings is 1. The number of nitrogens with one attached hydrogen (secondary N) is 2. The predicted octanol–water partition coefficient (Wildman–Crippen LogP) is 2.91. The highest BCUT2D eigenvalue weighted by Crippen LogP contribution is 2.22. The summed E-state index contributed by atoms with van der Waals surface area (Å²) in [6.07, 6.45) is 0.152. The summed E-state index contributed by atoms with van der Waals surface area (Å²) in [5.74, 6) is -0.712. The maximum atomic E-state index is 13.2. The molecule has 0 radical (unpaired) electrons. The summed E-state index contributed by atoms with van der Waals surface area (Å²) < 4.78 is 33.0. The Balaban J connectivity index is 1.43. The van der Waals surface area contributed by atoms with Crippen LogP contribution in [0.2, 0.25) is 0 Å². The number of carbonyl (C=O) groups excluding carboxylic acids is 2. The number of benzene rings is 2. The third-order valence-electron chi connectivity index (χ3n) is 6.46. The molecule has 1 fully saturated rings. The molecule has 0 spiro atoms. The summed E-state index contributed by atoms with van der Waals surface area (Å²) in [5, 5.41) is 17.3. The van der Waals surface area contributed by atoms with Crippen LogP contribution in [0.5, 0.6) is 0 Å². The van der Waals surface area contributed by atoms with Crippen molar-refractivity contribution in [3.05, 3.63) is 66.4 Å². The number of hydrogen-bond donors (Lipinski definition) is 3. The molecule has 1 aliphatic rings. The van der Waals surface area contributed by atoms with Crippen molar-refractivity contribution >= 4 is 32.8 Å². The van der Waals surface area contributed by atoms with Gasteiger partial charge in [0.05, 0.1) is 17.0 Å². The van der Waals surface area contributed by atoms with Crippen LogP contribution in [-0.2, 0) is 14.8 Å². The molecule has 2 unspecified atom stereocenters. The topological polar surface area (TPSA) is 129 Å². The molecule has 0 aliphatic carbocycles. The Morgan fingerprint density at radius 3 is 2.51 bits per heavy atom. The van der Waals surface area contributed by atoms with E-state index < -0.39 is 40.0 Å². The summed E-state index contributed by atoms with van der Waals surface area (Å²) in [6.45, 7) is 3.99. The summed E-state index contributed by atoms with van der Waals surface area (Å²) in [7, 11) is -3.77. The van der Waals surface area contributed by atoms with Gasteiger partial charge in [-0.25, -0.2) is 8.42 Å². The average molecular weight is 528 g/mol. The first-order valence-corrected chi connectivity index (χ1v) is 13.9. The van der Waals surface area contributed by atoms with Crippen LogP contribution in [0.4, 0.5) is 0 Å². The van der Waals surface area contributed by atoms with Crippen LogP contribution in [0.15, 0.2) is 70.0 Å². The fourth-order valence-corrected chi connectivity index (χ4v) is 6.06. The number of fused-ring (bicyclic) bond motifs is 1. The van der Waals surface area contributed by atoms with Gasteiger partial charge in [-0.05, 0) is 49.4 Å². The minimum absolute atomic E-state index is 0.109. The molecule has 2 aromatic carbocycles. The van der Waals surface area contributed by atoms with Crippen LogP contribution < -0.4 is 10.6 Å². The lowest BCUT2D eigenvalue weighted by molar-refractivity contribution is -0.125. The van der Waals surface area contributed by atoms with Gasteiger partial charge in [-0.2, -0.15) is 4.31 Å². The molecule has 3 N–H and O–H groups in total. The van der Waals surface area contributed by atoms with Crippen molar-refractivity contribution in [3.63, 3.8) is 0 Å². The molecular weight excluding hydrogens is 494 g/mol. The van der Waals surface area contributed by atoms with Gasteiger partial charge in [0, 0.05) is 18.5 Å². The van der Waals surface area contributed by atoms with E-state index in [-0.39, 0.29) is 29.7 Å². The maximum Gasteiger partial charge on any atom is 0.287 e. The fourth-order valence-electron chi connectivity index (χ4n) is 4.54. The quantitative estimate of drug-likeness (QED) is 0.413. The third-order valence-corrected chi connectivity index (χ3v) is 8.34. The summed E-state index contributed by atoms with van der Waals surface area (Å²) in [6, 6.07) is 15.5. The molecule has 3 aromatic rings. The number of carbonyl (C=O) groups is 2. The molecule has 0 saturated carbocycles. The Morgan fingerprint density at radius 1 is 1.11 bits per heavy atom. The zero-order valence-electron chi connectivity index (χ0n) is 21.0. The Bertz CT molecular complexity index is 1310. The SMILES string of the molecule is CC(C)C[C@H](NC(=O)c1cc2ccccc2o1)C(=O)NC1CCCN(S(=O)(=O)c2ccccc2)CC1O. The van der Waals surface area contributed by atoms with Crippen LogP contribution in [0, 0.1) is 5.92 Å². The first kappa shape index (κ1) is 26.8. The number of para-hydroxylation sites is 1. The second-order valence-corrected chi connectivity index (χ2v) is 11.7. The van der Waals surface area contributed by atoms with Crippen LogP contribution >= 0.6 is 0 Å². The highest BCUT2D eigenvalue weighted by Gasteiger charge is 2.34. The second-order valence-electron chi connectivity index (χ2n) is 9.80. The predicted molar refractivity (Wildman–Crippen MR) is 139 cm³/mol. The van der Waals surface area contributed by atoms with Crippen molar-refractivity contribution in [2.24, 2.45) is 5.92 Å². The van der Waals surface area contributed by atoms with Crippen molar-refractivity contribution in [2.45, 2.75) is 56.2 Å². The van der Waals surface area contributed by atoms with E-state index >= 15 is 0 Å². The monoisotopic (exact) mass is 527 g/mol. The lowest BCUT2D eigenvalue weighted by Crippen LogP contribution is -2.54. The van der Waals surface area contributed by atoms with E-state index in [1.165, 1.54) is 16.4 Å². The van der Waals surface area contributed by atoms with E-state index in [9.17, 15) is 23.1 Å². The van der Waals surface area contributed by atoms with Gasteiger partial charge in [-0.3, -0.25) is 9.59 Å². The van der Waals surface area contributed by atoms with E-state index in [2.05, 4.69) is 10.6 Å². The molecule has 2 heterocycles. The average Bonchev–Trinajstić information content (AvgIpc) is 3.23. The number of aliphatic hydroxyl groups is 1. The van der Waals surface area contributed by atoms with E-state index in [4.69, 9.17) is 4.42 Å². The Hall–Kier alpha value is -3.21. The first-order valence-electron chi connectivity index (χ1n) is 12.5. The number of hydrogen-bond acceptors (Lipinski definition) is 6. The molecule has 1 aliphatic heterocycles. The Labute approximate surface area is 216 Å². The molecule has 1 aromatic heterocycles. The van der Waals surface area contributed by atoms with Crippen molar-refractivity contribution < 1.29 is 27.5 Å². The van der Waals surface area contributed by atoms with Crippen molar-refractivity contribution in [1.82, 2.24) is 14.9 Å². The lowest BCUT2D eigenvalue weighted by Gasteiger charge is -2.27. The summed E-state index contributed by atoms with van der Waals surface area (Å²) in [5.41, 5.74) is 0.578. The van der Waals surface area contributed by atoms with Crippen LogP contribution in [-0.4, -0.2) is 60.9 Å². The zero-order valence-corrected chi connectivity index (χ0v) is 21.8. The summed E-state index contributed by atoms with van der Waals surface area (Å²) >= 11 is 0. The maximum absolute atomic E-state index is 13.2. The molecule has 4 rings (SSSR count). The smallest absolute Gasteiger partial charge is 0.287 e. The zero-order chi connectivity index (χ0) is 26.6. The van der Waals surface area contributed by atoms with Gasteiger partial charge in [0.15, 0.2) is 5.76 Å². The van der Waals surface area contributed by atoms with Gasteiger partial charge < -0.3 is 20.2 Å². The molecule has 9 nitrogen and oxygen atoms in total. The van der Waals surface area contributed by atoms with Gasteiger partial charge in [-0.15, -0.1) is 0 Å². The van der Waals surface area contributed by atoms with Gasteiger partial charge in [0.1, 0.15) is 11.6 Å². The van der Waals surface area contributed by atoms with Crippen LogP contribution in [0.25, 0.3) is 11.0 Å². The minimum atomic E-state index is -3.77. The van der Waals surface area contributed by atoms with Crippen molar-refractivity contribution in [3.8, 4) is 0 Å². The number of rotatable bonds is 8. The Morgan fingerprint density at radius 2 is 1.81 bits per heavy atom. The lowest BCUT2D eigenvalue weighted by atomic mass is 10.0. The molecule has 1 saturated heterocycles. The second kappa shape index (κ2) is 11.5. The van der Waals surface area contributed by atoms with Gasteiger partial charge >= 0.3 is 0 Å². The van der Waals surface area contributed by atoms with Crippen molar-refractivity contribution in [2.75, 3.05) is 13.1 Å². The van der Waals surface area contributed by atoms with Crippen LogP contribution in [0.3, 0.4) is 0 Å². The minimum Gasteiger partial charge on any atom is -0.451 e. The van der Waals surface area contributed by atoms with Gasteiger partial charge in [-0.1, -0.05) is 50.2 Å². The molecule has 3 atom stereocenters. The first-order chi connectivity index (χ1) is 17.6. The van der Waals surface area contributed by atoms with Crippen molar-refractivity contribution in [1.29, 1.82) is 0 Å². The van der Waals surface area contributed by atoms with Gasteiger partial charge in [0.2, 0.25) is 15.9 Å².